The Bertz CT molecular complexity index is 613. The first-order valence-electron chi connectivity index (χ1n) is 8.18. The van der Waals surface area contributed by atoms with Crippen LogP contribution < -0.4 is 5.32 Å². The quantitative estimate of drug-likeness (QED) is 0.755. The molecule has 0 aliphatic carbocycles. The van der Waals surface area contributed by atoms with E-state index in [-0.39, 0.29) is 24.8 Å². The predicted octanol–water partition coefficient (Wildman–Crippen LogP) is 5.46. The highest BCUT2D eigenvalue weighted by Crippen LogP contribution is 2.38. The van der Waals surface area contributed by atoms with E-state index in [9.17, 15) is 0 Å². The third-order valence-electron chi connectivity index (χ3n) is 4.80. The lowest BCUT2D eigenvalue weighted by Crippen LogP contribution is -2.48. The number of nitrogens with one attached hydrogen (secondary N) is 1. The molecule has 1 unspecified atom stereocenters. The average Bonchev–Trinajstić information content (AvgIpc) is 2.59. The second-order valence-corrected chi connectivity index (χ2v) is 7.62. The largest absolute Gasteiger partial charge is 0.356 e. The van der Waals surface area contributed by atoms with Crippen LogP contribution in [0, 0.1) is 5.92 Å². The molecule has 0 spiro atoms. The molecular formula is C19H24Cl2N2S. The molecule has 0 amide bonds. The van der Waals surface area contributed by atoms with Gasteiger partial charge in [0.2, 0.25) is 0 Å². The highest BCUT2D eigenvalue weighted by atomic mass is 35.5. The Hall–Kier alpha value is -0.870. The van der Waals surface area contributed by atoms with Gasteiger partial charge in [-0.25, -0.2) is 0 Å². The van der Waals surface area contributed by atoms with Crippen LogP contribution in [0.3, 0.4) is 0 Å². The third kappa shape index (κ3) is 4.60. The highest BCUT2D eigenvalue weighted by Gasteiger charge is 2.34. The topological polar surface area (TPSA) is 15.3 Å². The van der Waals surface area contributed by atoms with Crippen molar-refractivity contribution in [3.63, 3.8) is 0 Å². The standard InChI is InChI=1S/C19H22N2S.2ClH/c1-2-4-16(5-3-1)20-17-6-8-18(9-7-17)22-19-14-21-12-10-15(19)11-13-21;;/h1-9,15,19-20H,10-14H2;2*1H. The van der Waals surface area contributed by atoms with Gasteiger partial charge in [0.25, 0.3) is 0 Å². The molecule has 1 atom stereocenters. The molecule has 5 rings (SSSR count). The van der Waals surface area contributed by atoms with Crippen LogP contribution in [0.5, 0.6) is 0 Å². The first kappa shape index (κ1) is 19.5. The Morgan fingerprint density at radius 1 is 0.833 bits per heavy atom. The van der Waals surface area contributed by atoms with Gasteiger partial charge >= 0.3 is 0 Å². The summed E-state index contributed by atoms with van der Waals surface area (Å²) in [6.07, 6.45) is 2.79. The zero-order chi connectivity index (χ0) is 14.8. The minimum atomic E-state index is 0. The summed E-state index contributed by atoms with van der Waals surface area (Å²) in [6, 6.07) is 19.2. The number of para-hydroxylation sites is 1. The molecule has 2 aromatic carbocycles. The van der Waals surface area contributed by atoms with Crippen molar-refractivity contribution in [2.75, 3.05) is 25.0 Å². The van der Waals surface area contributed by atoms with Crippen molar-refractivity contribution in [3.05, 3.63) is 54.6 Å². The van der Waals surface area contributed by atoms with Gasteiger partial charge < -0.3 is 10.2 Å². The summed E-state index contributed by atoms with van der Waals surface area (Å²) < 4.78 is 0. The molecular weight excluding hydrogens is 359 g/mol. The van der Waals surface area contributed by atoms with Crippen molar-refractivity contribution >= 4 is 48.0 Å². The molecule has 3 aliphatic rings. The summed E-state index contributed by atoms with van der Waals surface area (Å²) in [5, 5.41) is 4.23. The highest BCUT2D eigenvalue weighted by molar-refractivity contribution is 8.00. The molecule has 1 N–H and O–H groups in total. The van der Waals surface area contributed by atoms with Crippen LogP contribution in [0.15, 0.2) is 59.5 Å². The first-order chi connectivity index (χ1) is 10.9. The summed E-state index contributed by atoms with van der Waals surface area (Å²) in [4.78, 5) is 4.03. The molecule has 3 aliphatic heterocycles. The fourth-order valence-corrected chi connectivity index (χ4v) is 4.92. The van der Waals surface area contributed by atoms with Crippen molar-refractivity contribution in [2.45, 2.75) is 23.0 Å². The molecule has 0 radical (unpaired) electrons. The smallest absolute Gasteiger partial charge is 0.0385 e. The third-order valence-corrected chi connectivity index (χ3v) is 6.18. The summed E-state index contributed by atoms with van der Waals surface area (Å²) in [5.74, 6) is 0.928. The van der Waals surface area contributed by atoms with E-state index in [1.54, 1.807) is 0 Å². The monoisotopic (exact) mass is 382 g/mol. The summed E-state index contributed by atoms with van der Waals surface area (Å²) in [7, 11) is 0. The maximum atomic E-state index is 3.44. The van der Waals surface area contributed by atoms with Gasteiger partial charge in [-0.1, -0.05) is 18.2 Å². The fourth-order valence-electron chi connectivity index (χ4n) is 3.52. The van der Waals surface area contributed by atoms with Gasteiger partial charge in [-0.05, 0) is 68.2 Å². The maximum Gasteiger partial charge on any atom is 0.0385 e. The molecule has 3 fully saturated rings. The normalized spacial score (nSPS) is 24.6. The lowest BCUT2D eigenvalue weighted by atomic mass is 9.88. The Labute approximate surface area is 161 Å². The van der Waals surface area contributed by atoms with Gasteiger partial charge in [0.05, 0.1) is 0 Å². The summed E-state index contributed by atoms with van der Waals surface area (Å²) in [6.45, 7) is 3.92. The van der Waals surface area contributed by atoms with Crippen LogP contribution in [0.2, 0.25) is 0 Å². The fraction of sp³-hybridized carbons (Fsp3) is 0.368. The number of halogens is 2. The van der Waals surface area contributed by atoms with Crippen LogP contribution in [-0.2, 0) is 0 Å². The zero-order valence-electron chi connectivity index (χ0n) is 13.6. The predicted molar refractivity (Wildman–Crippen MR) is 109 cm³/mol. The van der Waals surface area contributed by atoms with E-state index in [0.29, 0.717) is 0 Å². The number of thioether (sulfide) groups is 1. The number of fused-ring (bicyclic) bond motifs is 3. The minimum absolute atomic E-state index is 0. The number of benzene rings is 2. The average molecular weight is 383 g/mol. The van der Waals surface area contributed by atoms with Crippen molar-refractivity contribution in [1.82, 2.24) is 4.90 Å². The second kappa shape index (κ2) is 9.00. The van der Waals surface area contributed by atoms with E-state index in [2.05, 4.69) is 70.5 Å². The molecule has 2 bridgehead atoms. The maximum absolute atomic E-state index is 3.44. The van der Waals surface area contributed by atoms with E-state index >= 15 is 0 Å². The van der Waals surface area contributed by atoms with Crippen LogP contribution in [0.4, 0.5) is 11.4 Å². The summed E-state index contributed by atoms with van der Waals surface area (Å²) in [5.41, 5.74) is 2.30. The molecule has 2 nitrogen and oxygen atoms in total. The summed E-state index contributed by atoms with van der Waals surface area (Å²) >= 11 is 2.07. The van der Waals surface area contributed by atoms with Gasteiger partial charge in [0, 0.05) is 28.1 Å². The van der Waals surface area contributed by atoms with E-state index in [1.165, 1.54) is 37.4 Å². The Balaban J connectivity index is 0.00000104. The first-order valence-corrected chi connectivity index (χ1v) is 9.06. The number of piperidine rings is 3. The molecule has 3 saturated heterocycles. The number of nitrogens with zero attached hydrogens (tertiary/aromatic N) is 1. The molecule has 0 aromatic heterocycles. The van der Waals surface area contributed by atoms with Crippen molar-refractivity contribution in [1.29, 1.82) is 0 Å². The van der Waals surface area contributed by atoms with Crippen molar-refractivity contribution in [3.8, 4) is 0 Å². The van der Waals surface area contributed by atoms with Gasteiger partial charge in [0.15, 0.2) is 0 Å². The number of hydrogen-bond acceptors (Lipinski definition) is 3. The Morgan fingerprint density at radius 3 is 2.04 bits per heavy atom. The van der Waals surface area contributed by atoms with Gasteiger partial charge in [-0.15, -0.1) is 36.6 Å². The molecule has 5 heteroatoms. The Morgan fingerprint density at radius 2 is 1.46 bits per heavy atom. The van der Waals surface area contributed by atoms with Gasteiger partial charge in [-0.3, -0.25) is 0 Å². The molecule has 24 heavy (non-hydrogen) atoms. The number of anilines is 2. The Kier molecular flexibility index (Phi) is 7.30. The molecule has 3 heterocycles. The number of hydrogen-bond donors (Lipinski definition) is 1. The van der Waals surface area contributed by atoms with E-state index < -0.39 is 0 Å². The van der Waals surface area contributed by atoms with Crippen LogP contribution in [0.1, 0.15) is 12.8 Å². The van der Waals surface area contributed by atoms with E-state index in [0.717, 1.165) is 22.5 Å². The molecule has 0 saturated carbocycles. The van der Waals surface area contributed by atoms with Crippen LogP contribution in [-0.4, -0.2) is 29.8 Å². The second-order valence-electron chi connectivity index (χ2n) is 6.31. The minimum Gasteiger partial charge on any atom is -0.356 e. The lowest BCUT2D eigenvalue weighted by Gasteiger charge is -2.44. The molecule has 2 aromatic rings. The lowest BCUT2D eigenvalue weighted by molar-refractivity contribution is 0.118. The van der Waals surface area contributed by atoms with Crippen molar-refractivity contribution in [2.24, 2.45) is 5.92 Å². The zero-order valence-corrected chi connectivity index (χ0v) is 16.0. The SMILES string of the molecule is Cl.Cl.c1ccc(Nc2ccc(SC3CN4CCC3CC4)cc2)cc1. The van der Waals surface area contributed by atoms with Crippen LogP contribution >= 0.6 is 36.6 Å². The van der Waals surface area contributed by atoms with Crippen LogP contribution in [0.25, 0.3) is 0 Å². The van der Waals surface area contributed by atoms with Gasteiger partial charge in [-0.2, -0.15) is 0 Å². The number of rotatable bonds is 4. The van der Waals surface area contributed by atoms with E-state index in [4.69, 9.17) is 0 Å². The molecule has 130 valence electrons. The van der Waals surface area contributed by atoms with Crippen molar-refractivity contribution < 1.29 is 0 Å². The van der Waals surface area contributed by atoms with E-state index in [1.807, 2.05) is 6.07 Å². The van der Waals surface area contributed by atoms with Gasteiger partial charge in [0.1, 0.15) is 0 Å².